The first-order chi connectivity index (χ1) is 12.2. The third kappa shape index (κ3) is 6.42. The molecule has 1 N–H and O–H groups in total. The maximum atomic E-state index is 11.7. The number of hydrazone groups is 1. The number of carbonyl (C=O) groups is 2. The van der Waals surface area contributed by atoms with Gasteiger partial charge in [-0.15, -0.1) is 0 Å². The van der Waals surface area contributed by atoms with E-state index in [1.165, 1.54) is 6.21 Å². The van der Waals surface area contributed by atoms with Gasteiger partial charge in [0.25, 0.3) is 5.91 Å². The molecule has 7 nitrogen and oxygen atoms in total. The van der Waals surface area contributed by atoms with E-state index >= 15 is 0 Å². The summed E-state index contributed by atoms with van der Waals surface area (Å²) in [5, 5.41) is 3.81. The number of rotatable bonds is 8. The second-order valence-electron chi connectivity index (χ2n) is 5.03. The number of hydrogen-bond donors (Lipinski definition) is 1. The molecule has 1 aromatic heterocycles. The van der Waals surface area contributed by atoms with Crippen LogP contribution < -0.4 is 10.2 Å². The molecule has 130 valence electrons. The summed E-state index contributed by atoms with van der Waals surface area (Å²) < 4.78 is 10.4. The van der Waals surface area contributed by atoms with Gasteiger partial charge in [0.15, 0.2) is 6.61 Å². The molecule has 0 spiro atoms. The summed E-state index contributed by atoms with van der Waals surface area (Å²) in [6, 6.07) is 9.97. The lowest BCUT2D eigenvalue weighted by Crippen LogP contribution is -2.24. The van der Waals surface area contributed by atoms with Gasteiger partial charge in [0.1, 0.15) is 5.75 Å². The van der Waals surface area contributed by atoms with Crippen LogP contribution in [0.25, 0.3) is 0 Å². The van der Waals surface area contributed by atoms with Gasteiger partial charge in [-0.3, -0.25) is 9.78 Å². The highest BCUT2D eigenvalue weighted by Gasteiger charge is 2.07. The molecule has 0 aliphatic rings. The van der Waals surface area contributed by atoms with Gasteiger partial charge >= 0.3 is 5.97 Å². The molecular formula is C18H19N3O4. The fourth-order valence-electron chi connectivity index (χ4n) is 1.78. The molecule has 25 heavy (non-hydrogen) atoms. The van der Waals surface area contributed by atoms with E-state index < -0.39 is 5.91 Å². The average molecular weight is 341 g/mol. The molecule has 0 radical (unpaired) electrons. The van der Waals surface area contributed by atoms with Crippen molar-refractivity contribution in [1.29, 1.82) is 0 Å². The SMILES string of the molecule is CCCOC(=O)c1ccc(OCC(=O)N/N=C/c2cccnc2)cc1. The smallest absolute Gasteiger partial charge is 0.338 e. The van der Waals surface area contributed by atoms with Gasteiger partial charge in [0, 0.05) is 18.0 Å². The van der Waals surface area contributed by atoms with E-state index in [0.717, 1.165) is 12.0 Å². The number of nitrogens with one attached hydrogen (secondary N) is 1. The molecule has 2 rings (SSSR count). The Balaban J connectivity index is 1.76. The summed E-state index contributed by atoms with van der Waals surface area (Å²) >= 11 is 0. The Morgan fingerprint density at radius 2 is 2.04 bits per heavy atom. The molecule has 0 fully saturated rings. The van der Waals surface area contributed by atoms with Gasteiger partial charge in [-0.1, -0.05) is 13.0 Å². The van der Waals surface area contributed by atoms with Gasteiger partial charge in [-0.2, -0.15) is 5.10 Å². The highest BCUT2D eigenvalue weighted by atomic mass is 16.5. The molecule has 0 unspecified atom stereocenters. The molecule has 0 bridgehead atoms. The van der Waals surface area contributed by atoms with Gasteiger partial charge < -0.3 is 9.47 Å². The van der Waals surface area contributed by atoms with E-state index in [1.807, 2.05) is 13.0 Å². The van der Waals surface area contributed by atoms with Gasteiger partial charge in [-0.05, 0) is 36.8 Å². The summed E-state index contributed by atoms with van der Waals surface area (Å²) in [6.07, 6.45) is 5.53. The van der Waals surface area contributed by atoms with E-state index in [1.54, 1.807) is 42.7 Å². The van der Waals surface area contributed by atoms with Crippen molar-refractivity contribution in [1.82, 2.24) is 10.4 Å². The second-order valence-corrected chi connectivity index (χ2v) is 5.03. The highest BCUT2D eigenvalue weighted by molar-refractivity contribution is 5.89. The Hall–Kier alpha value is -3.22. The van der Waals surface area contributed by atoms with E-state index in [-0.39, 0.29) is 12.6 Å². The van der Waals surface area contributed by atoms with Crippen molar-refractivity contribution in [2.75, 3.05) is 13.2 Å². The van der Waals surface area contributed by atoms with E-state index in [4.69, 9.17) is 9.47 Å². The molecule has 1 aromatic carbocycles. The number of carbonyl (C=O) groups excluding carboxylic acids is 2. The number of nitrogens with zero attached hydrogens (tertiary/aromatic N) is 2. The Morgan fingerprint density at radius 1 is 1.24 bits per heavy atom. The van der Waals surface area contributed by atoms with Crippen LogP contribution in [0.15, 0.2) is 53.9 Å². The Bertz CT molecular complexity index is 715. The molecule has 0 aliphatic heterocycles. The van der Waals surface area contributed by atoms with Crippen LogP contribution >= 0.6 is 0 Å². The van der Waals surface area contributed by atoms with Crippen LogP contribution in [0, 0.1) is 0 Å². The number of ether oxygens (including phenoxy) is 2. The van der Waals surface area contributed by atoms with Crippen molar-refractivity contribution in [3.8, 4) is 5.75 Å². The summed E-state index contributed by atoms with van der Waals surface area (Å²) in [5.74, 6) is -0.305. The zero-order valence-corrected chi connectivity index (χ0v) is 13.8. The van der Waals surface area contributed by atoms with Gasteiger partial charge in [0.05, 0.1) is 18.4 Å². The van der Waals surface area contributed by atoms with Crippen molar-refractivity contribution in [2.45, 2.75) is 13.3 Å². The highest BCUT2D eigenvalue weighted by Crippen LogP contribution is 2.13. The van der Waals surface area contributed by atoms with Crippen LogP contribution in [-0.4, -0.2) is 36.3 Å². The second kappa shape index (κ2) is 9.82. The van der Waals surface area contributed by atoms with Crippen LogP contribution in [0.3, 0.4) is 0 Å². The van der Waals surface area contributed by atoms with Crippen LogP contribution in [0.1, 0.15) is 29.3 Å². The summed E-state index contributed by atoms with van der Waals surface area (Å²) in [7, 11) is 0. The Kier molecular flexibility index (Phi) is 7.12. The number of hydrogen-bond acceptors (Lipinski definition) is 6. The number of benzene rings is 1. The van der Waals surface area contributed by atoms with Crippen molar-refractivity contribution in [3.63, 3.8) is 0 Å². The number of aromatic nitrogens is 1. The minimum Gasteiger partial charge on any atom is -0.484 e. The van der Waals surface area contributed by atoms with E-state index in [0.29, 0.717) is 17.9 Å². The first-order valence-corrected chi connectivity index (χ1v) is 7.81. The minimum atomic E-state index is -0.397. The third-order valence-electron chi connectivity index (χ3n) is 2.98. The normalized spacial score (nSPS) is 10.4. The van der Waals surface area contributed by atoms with Gasteiger partial charge in [0.2, 0.25) is 0 Å². The van der Waals surface area contributed by atoms with Crippen molar-refractivity contribution >= 4 is 18.1 Å². The summed E-state index contributed by atoms with van der Waals surface area (Å²) in [5.41, 5.74) is 3.57. The number of esters is 1. The molecular weight excluding hydrogens is 322 g/mol. The number of amides is 1. The molecule has 0 saturated heterocycles. The zero-order chi connectivity index (χ0) is 17.9. The standard InChI is InChI=1S/C18H19N3O4/c1-2-10-24-18(23)15-5-7-16(8-6-15)25-13-17(22)21-20-12-14-4-3-9-19-11-14/h3-9,11-12H,2,10,13H2,1H3,(H,21,22)/b20-12+. The topological polar surface area (TPSA) is 89.9 Å². The fraction of sp³-hybridized carbons (Fsp3) is 0.222. The lowest BCUT2D eigenvalue weighted by Gasteiger charge is -2.06. The molecule has 0 atom stereocenters. The zero-order valence-electron chi connectivity index (χ0n) is 13.8. The quantitative estimate of drug-likeness (QED) is 0.451. The van der Waals surface area contributed by atoms with Crippen molar-refractivity contribution in [2.24, 2.45) is 5.10 Å². The van der Waals surface area contributed by atoms with E-state index in [9.17, 15) is 9.59 Å². The maximum absolute atomic E-state index is 11.7. The largest absolute Gasteiger partial charge is 0.484 e. The Labute approximate surface area is 145 Å². The maximum Gasteiger partial charge on any atom is 0.338 e. The molecule has 0 aliphatic carbocycles. The Morgan fingerprint density at radius 3 is 2.72 bits per heavy atom. The van der Waals surface area contributed by atoms with Crippen LogP contribution in [0.4, 0.5) is 0 Å². The summed E-state index contributed by atoms with van der Waals surface area (Å²) in [4.78, 5) is 27.3. The first kappa shape index (κ1) is 18.1. The fourth-order valence-corrected chi connectivity index (χ4v) is 1.78. The minimum absolute atomic E-state index is 0.190. The summed E-state index contributed by atoms with van der Waals surface area (Å²) in [6.45, 7) is 2.12. The van der Waals surface area contributed by atoms with Crippen molar-refractivity contribution < 1.29 is 19.1 Å². The van der Waals surface area contributed by atoms with E-state index in [2.05, 4.69) is 15.5 Å². The van der Waals surface area contributed by atoms with Crippen LogP contribution in [0.5, 0.6) is 5.75 Å². The van der Waals surface area contributed by atoms with Gasteiger partial charge in [-0.25, -0.2) is 10.2 Å². The first-order valence-electron chi connectivity index (χ1n) is 7.81. The molecule has 1 heterocycles. The molecule has 0 saturated carbocycles. The van der Waals surface area contributed by atoms with Crippen LogP contribution in [-0.2, 0) is 9.53 Å². The third-order valence-corrected chi connectivity index (χ3v) is 2.98. The average Bonchev–Trinajstić information content (AvgIpc) is 2.65. The molecule has 1 amide bonds. The van der Waals surface area contributed by atoms with Crippen LogP contribution in [0.2, 0.25) is 0 Å². The monoisotopic (exact) mass is 341 g/mol. The van der Waals surface area contributed by atoms with Crippen molar-refractivity contribution in [3.05, 3.63) is 59.9 Å². The lowest BCUT2D eigenvalue weighted by molar-refractivity contribution is -0.123. The lowest BCUT2D eigenvalue weighted by atomic mass is 10.2. The number of pyridine rings is 1. The molecule has 7 heteroatoms. The predicted octanol–water partition coefficient (Wildman–Crippen LogP) is 2.18. The molecule has 2 aromatic rings. The predicted molar refractivity (Wildman–Crippen MR) is 92.5 cm³/mol.